The van der Waals surface area contributed by atoms with E-state index in [4.69, 9.17) is 20.8 Å². The van der Waals surface area contributed by atoms with E-state index in [1.807, 2.05) is 19.9 Å². The highest BCUT2D eigenvalue weighted by Gasteiger charge is 2.23. The molecule has 9 heteroatoms. The van der Waals surface area contributed by atoms with Crippen LogP contribution in [0.15, 0.2) is 38.7 Å². The summed E-state index contributed by atoms with van der Waals surface area (Å²) in [5, 5.41) is 2.65. The topological polar surface area (TPSA) is 72.6 Å². The SMILES string of the molecule is CC(=O)N(c1nc(COC(=O)c2ccc(Br)o2)cs1)c1c(C)cc(C)cc1Cl. The molecule has 0 aliphatic carbocycles. The van der Waals surface area contributed by atoms with Crippen molar-refractivity contribution < 1.29 is 18.7 Å². The number of hydrogen-bond donors (Lipinski definition) is 0. The van der Waals surface area contributed by atoms with Crippen LogP contribution in [0.1, 0.15) is 34.3 Å². The molecule has 3 rings (SSSR count). The summed E-state index contributed by atoms with van der Waals surface area (Å²) in [6.07, 6.45) is 0. The van der Waals surface area contributed by atoms with Crippen LogP contribution in [0.3, 0.4) is 0 Å². The fraction of sp³-hybridized carbons (Fsp3) is 0.211. The Morgan fingerprint density at radius 3 is 2.68 bits per heavy atom. The Bertz CT molecular complexity index is 1020. The van der Waals surface area contributed by atoms with Gasteiger partial charge in [-0.3, -0.25) is 9.69 Å². The third kappa shape index (κ3) is 4.45. The third-order valence-electron chi connectivity index (χ3n) is 3.79. The van der Waals surface area contributed by atoms with Crippen molar-refractivity contribution in [3.05, 3.63) is 61.9 Å². The highest BCUT2D eigenvalue weighted by atomic mass is 79.9. The number of carbonyl (C=O) groups excluding carboxylic acids is 2. The van der Waals surface area contributed by atoms with Crippen LogP contribution in [-0.4, -0.2) is 16.9 Å². The van der Waals surface area contributed by atoms with Gasteiger partial charge in [-0.2, -0.15) is 0 Å². The standard InChI is InChI=1S/C19H16BrClN2O4S/c1-10-6-11(2)17(14(21)7-10)23(12(3)24)19-22-13(9-28-19)8-26-18(25)15-4-5-16(20)27-15/h4-7,9H,8H2,1-3H3. The van der Waals surface area contributed by atoms with Gasteiger partial charge in [0.1, 0.15) is 6.61 Å². The Kier molecular flexibility index (Phi) is 6.22. The second-order valence-corrected chi connectivity index (χ2v) is 8.09. The summed E-state index contributed by atoms with van der Waals surface area (Å²) >= 11 is 10.8. The van der Waals surface area contributed by atoms with Gasteiger partial charge in [-0.1, -0.05) is 17.7 Å². The van der Waals surface area contributed by atoms with E-state index in [0.717, 1.165) is 11.1 Å². The molecule has 0 aliphatic rings. The monoisotopic (exact) mass is 482 g/mol. The number of esters is 1. The second kappa shape index (κ2) is 8.46. The normalized spacial score (nSPS) is 10.8. The van der Waals surface area contributed by atoms with E-state index in [9.17, 15) is 9.59 Å². The second-order valence-electron chi connectivity index (χ2n) is 6.07. The van der Waals surface area contributed by atoms with Gasteiger partial charge in [-0.05, 0) is 59.1 Å². The first-order chi connectivity index (χ1) is 13.3. The average molecular weight is 484 g/mol. The average Bonchev–Trinajstić information content (AvgIpc) is 3.24. The van der Waals surface area contributed by atoms with Gasteiger partial charge in [-0.15, -0.1) is 11.3 Å². The number of anilines is 2. The molecule has 0 unspecified atom stereocenters. The van der Waals surface area contributed by atoms with Gasteiger partial charge in [0, 0.05) is 12.3 Å². The number of nitrogens with zero attached hydrogens (tertiary/aromatic N) is 2. The van der Waals surface area contributed by atoms with Gasteiger partial charge in [0.25, 0.3) is 0 Å². The number of ether oxygens (including phenoxy) is 1. The van der Waals surface area contributed by atoms with Crippen LogP contribution in [-0.2, 0) is 16.1 Å². The Hall–Kier alpha value is -2.16. The van der Waals surface area contributed by atoms with Crippen LogP contribution >= 0.6 is 38.9 Å². The quantitative estimate of drug-likeness (QED) is 0.428. The molecule has 0 saturated carbocycles. The first-order valence-corrected chi connectivity index (χ1v) is 10.3. The highest BCUT2D eigenvalue weighted by molar-refractivity contribution is 9.10. The maximum atomic E-state index is 12.3. The number of thiazole rings is 1. The summed E-state index contributed by atoms with van der Waals surface area (Å²) in [5.41, 5.74) is 2.99. The van der Waals surface area contributed by atoms with E-state index < -0.39 is 5.97 Å². The molecule has 1 amide bonds. The predicted molar refractivity (Wildman–Crippen MR) is 111 cm³/mol. The number of amides is 1. The van der Waals surface area contributed by atoms with Crippen molar-refractivity contribution >= 4 is 61.6 Å². The summed E-state index contributed by atoms with van der Waals surface area (Å²) < 4.78 is 10.8. The molecule has 0 N–H and O–H groups in total. The molecule has 0 aliphatic heterocycles. The van der Waals surface area contributed by atoms with Crippen molar-refractivity contribution in [2.75, 3.05) is 4.90 Å². The minimum absolute atomic E-state index is 0.0417. The fourth-order valence-electron chi connectivity index (χ4n) is 2.68. The number of aromatic nitrogens is 1. The maximum Gasteiger partial charge on any atom is 0.374 e. The Morgan fingerprint density at radius 2 is 2.07 bits per heavy atom. The van der Waals surface area contributed by atoms with E-state index in [-0.39, 0.29) is 18.3 Å². The number of halogens is 2. The lowest BCUT2D eigenvalue weighted by Crippen LogP contribution is -2.24. The maximum absolute atomic E-state index is 12.3. The zero-order valence-corrected chi connectivity index (χ0v) is 18.4. The van der Waals surface area contributed by atoms with E-state index in [2.05, 4.69) is 20.9 Å². The van der Waals surface area contributed by atoms with Gasteiger partial charge in [0.2, 0.25) is 11.7 Å². The van der Waals surface area contributed by atoms with Crippen molar-refractivity contribution in [2.24, 2.45) is 0 Å². The van der Waals surface area contributed by atoms with E-state index in [1.165, 1.54) is 29.2 Å². The molecule has 2 aromatic heterocycles. The van der Waals surface area contributed by atoms with Crippen molar-refractivity contribution in [3.63, 3.8) is 0 Å². The number of rotatable bonds is 5. The van der Waals surface area contributed by atoms with Gasteiger partial charge >= 0.3 is 5.97 Å². The largest absolute Gasteiger partial charge is 0.453 e. The number of carbonyl (C=O) groups is 2. The fourth-order valence-corrected chi connectivity index (χ4v) is 4.25. The molecule has 1 aromatic carbocycles. The molecule has 0 atom stereocenters. The first kappa shape index (κ1) is 20.6. The molecule has 28 heavy (non-hydrogen) atoms. The minimum atomic E-state index is -0.596. The van der Waals surface area contributed by atoms with Crippen LogP contribution in [0.25, 0.3) is 0 Å². The molecule has 0 bridgehead atoms. The Morgan fingerprint density at radius 1 is 1.32 bits per heavy atom. The summed E-state index contributed by atoms with van der Waals surface area (Å²) in [6, 6.07) is 6.88. The lowest BCUT2D eigenvalue weighted by molar-refractivity contribution is -0.115. The predicted octanol–water partition coefficient (Wildman–Crippen LogP) is 5.81. The summed E-state index contributed by atoms with van der Waals surface area (Å²) in [4.78, 5) is 30.2. The Labute approximate surface area is 179 Å². The van der Waals surface area contributed by atoms with E-state index in [0.29, 0.717) is 26.2 Å². The van der Waals surface area contributed by atoms with Crippen LogP contribution < -0.4 is 4.90 Å². The molecule has 0 radical (unpaired) electrons. The van der Waals surface area contributed by atoms with Crippen LogP contribution in [0.2, 0.25) is 5.02 Å². The van der Waals surface area contributed by atoms with Crippen LogP contribution in [0.4, 0.5) is 10.8 Å². The number of aryl methyl sites for hydroxylation is 2. The van der Waals surface area contributed by atoms with E-state index in [1.54, 1.807) is 17.5 Å². The van der Waals surface area contributed by atoms with Gasteiger partial charge in [-0.25, -0.2) is 9.78 Å². The highest BCUT2D eigenvalue weighted by Crippen LogP contribution is 2.37. The minimum Gasteiger partial charge on any atom is -0.453 e. The zero-order chi connectivity index (χ0) is 20.4. The van der Waals surface area contributed by atoms with Crippen molar-refractivity contribution in [2.45, 2.75) is 27.4 Å². The zero-order valence-electron chi connectivity index (χ0n) is 15.3. The molecule has 0 spiro atoms. The molecule has 0 saturated heterocycles. The molecule has 146 valence electrons. The van der Waals surface area contributed by atoms with Crippen molar-refractivity contribution in [3.8, 4) is 0 Å². The summed E-state index contributed by atoms with van der Waals surface area (Å²) in [5.74, 6) is -0.719. The van der Waals surface area contributed by atoms with Gasteiger partial charge in [0.05, 0.1) is 16.4 Å². The lowest BCUT2D eigenvalue weighted by atomic mass is 10.1. The number of furan rings is 1. The molecule has 2 heterocycles. The van der Waals surface area contributed by atoms with Crippen LogP contribution in [0.5, 0.6) is 0 Å². The van der Waals surface area contributed by atoms with E-state index >= 15 is 0 Å². The van der Waals surface area contributed by atoms with Crippen molar-refractivity contribution in [1.29, 1.82) is 0 Å². The molecule has 3 aromatic rings. The summed E-state index contributed by atoms with van der Waals surface area (Å²) in [7, 11) is 0. The van der Waals surface area contributed by atoms with Crippen LogP contribution in [0, 0.1) is 13.8 Å². The number of benzene rings is 1. The third-order valence-corrected chi connectivity index (χ3v) is 5.38. The van der Waals surface area contributed by atoms with Gasteiger partial charge in [0.15, 0.2) is 9.80 Å². The smallest absolute Gasteiger partial charge is 0.374 e. The molecular weight excluding hydrogens is 468 g/mol. The lowest BCUT2D eigenvalue weighted by Gasteiger charge is -2.22. The summed E-state index contributed by atoms with van der Waals surface area (Å²) in [6.45, 7) is 5.24. The molecule has 6 nitrogen and oxygen atoms in total. The first-order valence-electron chi connectivity index (χ1n) is 8.20. The molecular formula is C19H16BrClN2O4S. The number of hydrogen-bond acceptors (Lipinski definition) is 6. The Balaban J connectivity index is 1.81. The molecule has 0 fully saturated rings. The van der Waals surface area contributed by atoms with Crippen molar-refractivity contribution in [1.82, 2.24) is 4.98 Å². The van der Waals surface area contributed by atoms with Gasteiger partial charge < -0.3 is 9.15 Å².